The second kappa shape index (κ2) is 7.34. The molecule has 0 spiro atoms. The monoisotopic (exact) mass is 187 g/mol. The predicted molar refractivity (Wildman–Crippen MR) is 58.0 cm³/mol. The van der Waals surface area contributed by atoms with Gasteiger partial charge in [0.1, 0.15) is 0 Å². The van der Waals surface area contributed by atoms with Crippen LogP contribution < -0.4 is 5.32 Å². The molecule has 0 aromatic heterocycles. The van der Waals surface area contributed by atoms with Crippen molar-refractivity contribution < 1.29 is 4.74 Å². The van der Waals surface area contributed by atoms with Crippen LogP contribution in [0.4, 0.5) is 0 Å². The van der Waals surface area contributed by atoms with E-state index < -0.39 is 0 Å². The van der Waals surface area contributed by atoms with E-state index in [0.717, 1.165) is 19.6 Å². The Hall–Kier alpha value is -0.0800. The summed E-state index contributed by atoms with van der Waals surface area (Å²) in [5.74, 6) is 0.636. The van der Waals surface area contributed by atoms with E-state index in [1.165, 1.54) is 0 Å². The van der Waals surface area contributed by atoms with Gasteiger partial charge in [0.05, 0.1) is 6.10 Å². The summed E-state index contributed by atoms with van der Waals surface area (Å²) in [5.41, 5.74) is 0. The van der Waals surface area contributed by atoms with E-state index in [1.807, 2.05) is 0 Å². The van der Waals surface area contributed by atoms with E-state index in [1.54, 1.807) is 0 Å². The molecule has 0 saturated heterocycles. The van der Waals surface area contributed by atoms with E-state index in [2.05, 4.69) is 39.9 Å². The molecule has 0 aliphatic rings. The van der Waals surface area contributed by atoms with Gasteiger partial charge in [0.2, 0.25) is 0 Å². The largest absolute Gasteiger partial charge is 0.377 e. The van der Waals surface area contributed by atoms with Crippen LogP contribution in [0.1, 0.15) is 41.0 Å². The Morgan fingerprint density at radius 1 is 1.15 bits per heavy atom. The van der Waals surface area contributed by atoms with Gasteiger partial charge in [0.15, 0.2) is 0 Å². The van der Waals surface area contributed by atoms with Gasteiger partial charge in [0, 0.05) is 12.6 Å². The fourth-order valence-corrected chi connectivity index (χ4v) is 1.72. The third-order valence-corrected chi connectivity index (χ3v) is 2.34. The molecule has 13 heavy (non-hydrogen) atoms. The molecule has 0 aromatic carbocycles. The third kappa shape index (κ3) is 4.63. The number of hydrogen-bond donors (Lipinski definition) is 1. The molecule has 0 amide bonds. The molecule has 0 saturated carbocycles. The first-order valence-electron chi connectivity index (χ1n) is 5.52. The lowest BCUT2D eigenvalue weighted by molar-refractivity contribution is 0.0200. The standard InChI is InChI=1S/C11H25NO/c1-6-10(13-8-3)11(9(4)5)12-7-2/h9-12H,6-8H2,1-5H3. The van der Waals surface area contributed by atoms with Gasteiger partial charge >= 0.3 is 0 Å². The number of rotatable bonds is 7. The highest BCUT2D eigenvalue weighted by molar-refractivity contribution is 4.78. The van der Waals surface area contributed by atoms with E-state index in [-0.39, 0.29) is 0 Å². The zero-order chi connectivity index (χ0) is 10.3. The summed E-state index contributed by atoms with van der Waals surface area (Å²) in [6.07, 6.45) is 1.45. The van der Waals surface area contributed by atoms with Crippen LogP contribution in [0, 0.1) is 5.92 Å². The van der Waals surface area contributed by atoms with Crippen molar-refractivity contribution in [3.05, 3.63) is 0 Å². The van der Waals surface area contributed by atoms with Crippen molar-refractivity contribution in [3.63, 3.8) is 0 Å². The summed E-state index contributed by atoms with van der Waals surface area (Å²) in [6.45, 7) is 12.7. The molecule has 0 aliphatic carbocycles. The smallest absolute Gasteiger partial charge is 0.0727 e. The van der Waals surface area contributed by atoms with Gasteiger partial charge < -0.3 is 10.1 Å². The molecule has 80 valence electrons. The lowest BCUT2D eigenvalue weighted by atomic mass is 9.96. The molecule has 2 unspecified atom stereocenters. The Balaban J connectivity index is 4.11. The van der Waals surface area contributed by atoms with Crippen molar-refractivity contribution >= 4 is 0 Å². The van der Waals surface area contributed by atoms with Gasteiger partial charge in [-0.1, -0.05) is 27.7 Å². The maximum atomic E-state index is 5.70. The summed E-state index contributed by atoms with van der Waals surface area (Å²) in [7, 11) is 0. The van der Waals surface area contributed by atoms with Crippen LogP contribution in [-0.2, 0) is 4.74 Å². The number of ether oxygens (including phenoxy) is 1. The maximum Gasteiger partial charge on any atom is 0.0727 e. The number of nitrogens with one attached hydrogen (secondary N) is 1. The van der Waals surface area contributed by atoms with Crippen molar-refractivity contribution in [1.82, 2.24) is 5.32 Å². The van der Waals surface area contributed by atoms with Crippen LogP contribution in [0.3, 0.4) is 0 Å². The topological polar surface area (TPSA) is 21.3 Å². The Bertz CT molecular complexity index is 115. The summed E-state index contributed by atoms with van der Waals surface area (Å²) in [4.78, 5) is 0. The molecule has 2 atom stereocenters. The molecule has 0 rings (SSSR count). The van der Waals surface area contributed by atoms with E-state index >= 15 is 0 Å². The first kappa shape index (κ1) is 12.9. The average Bonchev–Trinajstić information content (AvgIpc) is 2.10. The Morgan fingerprint density at radius 3 is 2.08 bits per heavy atom. The average molecular weight is 187 g/mol. The Labute approximate surface area is 83.1 Å². The van der Waals surface area contributed by atoms with Crippen LogP contribution in [0.2, 0.25) is 0 Å². The van der Waals surface area contributed by atoms with Crippen LogP contribution in [0.25, 0.3) is 0 Å². The van der Waals surface area contributed by atoms with E-state index in [9.17, 15) is 0 Å². The predicted octanol–water partition coefficient (Wildman–Crippen LogP) is 2.44. The second-order valence-electron chi connectivity index (χ2n) is 3.73. The third-order valence-electron chi connectivity index (χ3n) is 2.34. The zero-order valence-corrected chi connectivity index (χ0v) is 9.76. The fraction of sp³-hybridized carbons (Fsp3) is 1.00. The van der Waals surface area contributed by atoms with Crippen LogP contribution in [-0.4, -0.2) is 25.3 Å². The summed E-state index contributed by atoms with van der Waals surface area (Å²) < 4.78 is 5.70. The molecule has 0 radical (unpaired) electrons. The first-order valence-corrected chi connectivity index (χ1v) is 5.52. The Kier molecular flexibility index (Phi) is 7.29. The Morgan fingerprint density at radius 2 is 1.77 bits per heavy atom. The maximum absolute atomic E-state index is 5.70. The fourth-order valence-electron chi connectivity index (χ4n) is 1.72. The summed E-state index contributed by atoms with van der Waals surface area (Å²) in [6, 6.07) is 0.495. The van der Waals surface area contributed by atoms with Crippen LogP contribution in [0.5, 0.6) is 0 Å². The molecule has 0 heterocycles. The molecule has 0 aromatic rings. The van der Waals surface area contributed by atoms with Crippen molar-refractivity contribution in [2.75, 3.05) is 13.2 Å². The number of hydrogen-bond acceptors (Lipinski definition) is 2. The second-order valence-corrected chi connectivity index (χ2v) is 3.73. The zero-order valence-electron chi connectivity index (χ0n) is 9.76. The molecular formula is C11H25NO. The van der Waals surface area contributed by atoms with Crippen molar-refractivity contribution in [3.8, 4) is 0 Å². The summed E-state index contributed by atoms with van der Waals surface area (Å²) >= 11 is 0. The van der Waals surface area contributed by atoms with Gasteiger partial charge in [0.25, 0.3) is 0 Å². The lowest BCUT2D eigenvalue weighted by Crippen LogP contribution is -2.44. The van der Waals surface area contributed by atoms with Crippen molar-refractivity contribution in [2.24, 2.45) is 5.92 Å². The minimum Gasteiger partial charge on any atom is -0.377 e. The first-order chi connectivity index (χ1) is 6.17. The van der Waals surface area contributed by atoms with Gasteiger partial charge in [-0.2, -0.15) is 0 Å². The van der Waals surface area contributed by atoms with Gasteiger partial charge in [-0.05, 0) is 25.8 Å². The highest BCUT2D eigenvalue weighted by Crippen LogP contribution is 2.12. The number of likely N-dealkylation sites (N-methyl/N-ethyl adjacent to an activating group) is 1. The highest BCUT2D eigenvalue weighted by atomic mass is 16.5. The molecular weight excluding hydrogens is 162 g/mol. The highest BCUT2D eigenvalue weighted by Gasteiger charge is 2.22. The van der Waals surface area contributed by atoms with Gasteiger partial charge in [-0.25, -0.2) is 0 Å². The minimum absolute atomic E-state index is 0.366. The lowest BCUT2D eigenvalue weighted by Gasteiger charge is -2.29. The normalized spacial score (nSPS) is 16.2. The van der Waals surface area contributed by atoms with Crippen molar-refractivity contribution in [1.29, 1.82) is 0 Å². The molecule has 0 fully saturated rings. The molecule has 2 nitrogen and oxygen atoms in total. The van der Waals surface area contributed by atoms with Crippen LogP contribution >= 0.6 is 0 Å². The minimum atomic E-state index is 0.366. The molecule has 1 N–H and O–H groups in total. The quantitative estimate of drug-likeness (QED) is 0.661. The van der Waals surface area contributed by atoms with Crippen LogP contribution in [0.15, 0.2) is 0 Å². The van der Waals surface area contributed by atoms with Gasteiger partial charge in [-0.15, -0.1) is 0 Å². The van der Waals surface area contributed by atoms with E-state index in [4.69, 9.17) is 4.74 Å². The molecule has 0 bridgehead atoms. The summed E-state index contributed by atoms with van der Waals surface area (Å²) in [5, 5.41) is 3.49. The molecule has 0 aliphatic heterocycles. The SMILES string of the molecule is CCNC(C(C)C)C(CC)OCC. The van der Waals surface area contributed by atoms with Crippen molar-refractivity contribution in [2.45, 2.75) is 53.2 Å². The molecule has 2 heteroatoms. The van der Waals surface area contributed by atoms with E-state index in [0.29, 0.717) is 18.1 Å². The van der Waals surface area contributed by atoms with Gasteiger partial charge in [-0.3, -0.25) is 0 Å².